The minimum absolute atomic E-state index is 0.193. The Labute approximate surface area is 597 Å². The summed E-state index contributed by atoms with van der Waals surface area (Å²) >= 11 is 15.0. The number of thioether (sulfide) groups is 8. The molecule has 0 atom stereocenters. The third-order valence-electron chi connectivity index (χ3n) is 13.9. The van der Waals surface area contributed by atoms with Crippen molar-refractivity contribution in [1.29, 1.82) is 0 Å². The van der Waals surface area contributed by atoms with Crippen LogP contribution in [0, 0.1) is 0 Å². The highest BCUT2D eigenvalue weighted by Crippen LogP contribution is 2.17. The molecule has 24 heteroatoms. The Morgan fingerprint density at radius 1 is 0.304 bits per heavy atom. The second-order valence-electron chi connectivity index (χ2n) is 21.6. The Bertz CT molecular complexity index is 1640. The van der Waals surface area contributed by atoms with Gasteiger partial charge >= 0.3 is 0 Å². The first-order valence-electron chi connectivity index (χ1n) is 35.7. The monoisotopic (exact) mass is 1450 g/mol. The summed E-state index contributed by atoms with van der Waals surface area (Å²) in [5, 5.41) is 0. The lowest BCUT2D eigenvalue weighted by Gasteiger charge is -2.23. The number of carbonyl (C=O) groups is 4. The Kier molecular flexibility index (Phi) is 75.3. The van der Waals surface area contributed by atoms with Crippen molar-refractivity contribution in [3.63, 3.8) is 0 Å². The van der Waals surface area contributed by atoms with E-state index in [1.54, 1.807) is 29.6 Å². The molecule has 0 heterocycles. The molecule has 0 radical (unpaired) electrons. The molecular formula is C68H132N4O12S8. The Hall–Kier alpha value is 0.1000. The number of amides is 4. The van der Waals surface area contributed by atoms with E-state index in [0.717, 1.165) is 208 Å². The van der Waals surface area contributed by atoms with Crippen LogP contribution in [0.15, 0.2) is 12.7 Å². The van der Waals surface area contributed by atoms with Crippen molar-refractivity contribution < 1.29 is 58.4 Å². The van der Waals surface area contributed by atoms with E-state index in [1.165, 1.54) is 6.42 Å². The molecule has 0 aliphatic rings. The van der Waals surface area contributed by atoms with Gasteiger partial charge in [-0.1, -0.05) is 46.1 Å². The molecular weight excluding hydrogens is 1320 g/mol. The van der Waals surface area contributed by atoms with Crippen LogP contribution in [0.4, 0.5) is 0 Å². The fraction of sp³-hybridized carbons (Fsp3) is 0.912. The van der Waals surface area contributed by atoms with E-state index in [2.05, 4.69) is 25.3 Å². The second-order valence-corrected chi connectivity index (χ2v) is 31.4. The zero-order valence-electron chi connectivity index (χ0n) is 59.3. The van der Waals surface area contributed by atoms with E-state index < -0.39 is 0 Å². The van der Waals surface area contributed by atoms with Gasteiger partial charge in [0.05, 0.1) is 92.5 Å². The maximum Gasteiger partial charge on any atom is 0.223 e. The van der Waals surface area contributed by atoms with Crippen molar-refractivity contribution >= 4 is 118 Å². The number of hydrogen-bond donors (Lipinski definition) is 0. The highest BCUT2D eigenvalue weighted by molar-refractivity contribution is 8.00. The number of nitrogens with zero attached hydrogens (tertiary/aromatic N) is 4. The van der Waals surface area contributed by atoms with Crippen molar-refractivity contribution in [1.82, 2.24) is 19.6 Å². The zero-order chi connectivity index (χ0) is 67.7. The summed E-state index contributed by atoms with van der Waals surface area (Å²) < 4.78 is 52.5. The molecule has 0 aromatic rings. The minimum atomic E-state index is 0.193. The van der Waals surface area contributed by atoms with Gasteiger partial charge in [-0.05, 0) is 124 Å². The molecule has 0 N–H and O–H groups in total. The molecule has 0 aromatic carbocycles. The van der Waals surface area contributed by atoms with Crippen LogP contribution in [-0.2, 0) is 57.1 Å². The van der Waals surface area contributed by atoms with E-state index in [-0.39, 0.29) is 17.7 Å². The number of ether oxygens (including phenoxy) is 8. The van der Waals surface area contributed by atoms with E-state index in [4.69, 9.17) is 39.3 Å². The first-order valence-corrected chi connectivity index (χ1v) is 44.3. The van der Waals surface area contributed by atoms with Gasteiger partial charge in [-0.3, -0.25) is 19.2 Å². The maximum atomic E-state index is 13.4. The van der Waals surface area contributed by atoms with Crippen LogP contribution >= 0.6 is 94.1 Å². The Morgan fingerprint density at radius 2 is 0.576 bits per heavy atom. The Balaban J connectivity index is 4.26. The normalized spacial score (nSPS) is 11.6. The summed E-state index contributed by atoms with van der Waals surface area (Å²) in [6.07, 6.45) is 17.9. The quantitative estimate of drug-likeness (QED) is 0.0418. The fourth-order valence-electron chi connectivity index (χ4n) is 8.63. The van der Waals surface area contributed by atoms with Gasteiger partial charge < -0.3 is 57.5 Å². The molecule has 0 spiro atoms. The van der Waals surface area contributed by atoms with E-state index >= 15 is 0 Å². The number of hydrogen-bond acceptors (Lipinski definition) is 20. The predicted octanol–water partition coefficient (Wildman–Crippen LogP) is 13.2. The van der Waals surface area contributed by atoms with Gasteiger partial charge in [0.25, 0.3) is 0 Å². The second kappa shape index (κ2) is 76.8. The molecule has 4 amide bonds. The highest BCUT2D eigenvalue weighted by Gasteiger charge is 2.17. The average molecular weight is 1460 g/mol. The van der Waals surface area contributed by atoms with Crippen molar-refractivity contribution in [3.8, 4) is 0 Å². The average Bonchev–Trinajstić information content (AvgIpc) is 3.79. The third-order valence-corrected chi connectivity index (χ3v) is 22.3. The minimum Gasteiger partial charge on any atom is -0.379 e. The molecule has 0 unspecified atom stereocenters. The largest absolute Gasteiger partial charge is 0.379 e. The summed E-state index contributed by atoms with van der Waals surface area (Å²) in [5.74, 6) is 16.4. The Morgan fingerprint density at radius 3 is 0.924 bits per heavy atom. The van der Waals surface area contributed by atoms with Crippen LogP contribution in [0.5, 0.6) is 0 Å². The van der Waals surface area contributed by atoms with Crippen LogP contribution in [0.25, 0.3) is 0 Å². The van der Waals surface area contributed by atoms with Gasteiger partial charge in [0, 0.05) is 139 Å². The summed E-state index contributed by atoms with van der Waals surface area (Å²) in [5.41, 5.74) is 0. The lowest BCUT2D eigenvalue weighted by atomic mass is 10.2. The van der Waals surface area contributed by atoms with Gasteiger partial charge in [-0.15, -0.1) is 6.58 Å². The van der Waals surface area contributed by atoms with E-state index in [1.807, 2.05) is 99.1 Å². The van der Waals surface area contributed by atoms with Gasteiger partial charge in [0.2, 0.25) is 23.6 Å². The first kappa shape index (κ1) is 90.1. The maximum absolute atomic E-state index is 13.4. The van der Waals surface area contributed by atoms with E-state index in [0.29, 0.717) is 157 Å². The topological polar surface area (TPSA) is 155 Å². The molecule has 544 valence electrons. The molecule has 0 saturated heterocycles. The van der Waals surface area contributed by atoms with Crippen molar-refractivity contribution in [2.24, 2.45) is 0 Å². The van der Waals surface area contributed by atoms with Crippen molar-refractivity contribution in [2.75, 3.05) is 250 Å². The van der Waals surface area contributed by atoms with Crippen LogP contribution in [0.2, 0.25) is 0 Å². The van der Waals surface area contributed by atoms with Crippen molar-refractivity contribution in [2.45, 2.75) is 144 Å². The fourth-order valence-corrected chi connectivity index (χ4v) is 15.5. The van der Waals surface area contributed by atoms with Crippen LogP contribution in [-0.4, -0.2) is 293 Å². The van der Waals surface area contributed by atoms with Gasteiger partial charge in [0.1, 0.15) is 0 Å². The molecule has 0 saturated carbocycles. The van der Waals surface area contributed by atoms with E-state index in [9.17, 15) is 19.2 Å². The van der Waals surface area contributed by atoms with Gasteiger partial charge in [-0.2, -0.15) is 94.1 Å². The SMILES string of the molecule is [2H]CCCCSCCOCCOCCSCCC(=O)N(CCCSCCCCSCCC(=O)N(CCCC)CCCSCCCCSCCC(=O)N(CCCSCCOCCOCCSCCC(=O)N(CC=C)CCCC)CCOCCOCC)CCOCCOCC. The van der Waals surface area contributed by atoms with Gasteiger partial charge in [0.15, 0.2) is 0 Å². The summed E-state index contributed by atoms with van der Waals surface area (Å²) in [4.78, 5) is 60.4. The summed E-state index contributed by atoms with van der Waals surface area (Å²) in [6.45, 7) is 28.1. The molecule has 0 aliphatic carbocycles. The molecule has 0 bridgehead atoms. The number of unbranched alkanes of at least 4 members (excludes halogenated alkanes) is 5. The molecule has 0 fully saturated rings. The standard InChI is InChI=1S/C68H132N4O12S8/c1-7-13-28-69(27-10-4)65(73)25-59-91-63-47-84-44-42-82-46-62-90-56-22-32-72(34-36-80-40-38-78-12-6)67(75)24-58-88-53-19-16-50-85-54-20-30-70(29-14-8-2)66(74)23-57-87-52-18-17-51-86-55-21-31-71(33-35-79-39-37-77-11-5)68(76)26-60-92-64-48-83-43-41-81-45-61-89-49-15-9-3/h10H,4,7-9,11-64H2,1-3,5-6H3/i3D. The van der Waals surface area contributed by atoms with Crippen LogP contribution in [0.3, 0.4) is 0 Å². The number of carbonyl (C=O) groups excluding carboxylic acids is 4. The molecule has 0 rings (SSSR count). The third kappa shape index (κ3) is 64.8. The van der Waals surface area contributed by atoms with Crippen molar-refractivity contribution in [3.05, 3.63) is 12.7 Å². The van der Waals surface area contributed by atoms with Gasteiger partial charge in [-0.25, -0.2) is 0 Å². The lowest BCUT2D eigenvalue weighted by Crippen LogP contribution is -2.35. The lowest BCUT2D eigenvalue weighted by molar-refractivity contribution is -0.132. The molecule has 16 nitrogen and oxygen atoms in total. The molecule has 0 aliphatic heterocycles. The number of rotatable bonds is 77. The molecule has 92 heavy (non-hydrogen) atoms. The predicted molar refractivity (Wildman–Crippen MR) is 409 cm³/mol. The summed E-state index contributed by atoms with van der Waals surface area (Å²) in [7, 11) is 0. The van der Waals surface area contributed by atoms with Crippen LogP contribution in [0.1, 0.15) is 145 Å². The molecule has 0 aromatic heterocycles. The van der Waals surface area contributed by atoms with Crippen LogP contribution < -0.4 is 0 Å². The highest BCUT2D eigenvalue weighted by atomic mass is 32.2. The zero-order valence-corrected chi connectivity index (χ0v) is 64.8. The smallest absolute Gasteiger partial charge is 0.223 e. The first-order chi connectivity index (χ1) is 45.8. The summed E-state index contributed by atoms with van der Waals surface area (Å²) in [6, 6.07) is 0.